The van der Waals surface area contributed by atoms with Crippen LogP contribution in [0.4, 0.5) is 0 Å². The van der Waals surface area contributed by atoms with E-state index in [-0.39, 0.29) is 13.2 Å². The first kappa shape index (κ1) is 13.6. The van der Waals surface area contributed by atoms with Crippen molar-refractivity contribution in [2.45, 2.75) is 13.0 Å². The van der Waals surface area contributed by atoms with Gasteiger partial charge in [-0.1, -0.05) is 17.8 Å². The van der Waals surface area contributed by atoms with Crippen molar-refractivity contribution in [1.82, 2.24) is 4.90 Å². The third-order valence-electron chi connectivity index (χ3n) is 2.44. The number of aliphatic imine (C=N–C) groups is 1. The third-order valence-corrected chi connectivity index (χ3v) is 4.37. The Hall–Kier alpha value is -0.820. The van der Waals surface area contributed by atoms with E-state index in [0.717, 1.165) is 6.54 Å². The highest BCUT2D eigenvalue weighted by Gasteiger charge is 2.29. The van der Waals surface area contributed by atoms with Crippen LogP contribution in [-0.2, 0) is 0 Å². The summed E-state index contributed by atoms with van der Waals surface area (Å²) in [7, 11) is 0. The van der Waals surface area contributed by atoms with Gasteiger partial charge in [0.25, 0.3) is 0 Å². The summed E-state index contributed by atoms with van der Waals surface area (Å²) >= 11 is 3.57. The minimum absolute atomic E-state index is 0.125. The predicted molar refractivity (Wildman–Crippen MR) is 76.7 cm³/mol. The van der Waals surface area contributed by atoms with Gasteiger partial charge < -0.3 is 15.1 Å². The lowest BCUT2D eigenvalue weighted by Gasteiger charge is -2.08. The number of aliphatic hydroxyl groups excluding tert-OH is 2. The second-order valence-electron chi connectivity index (χ2n) is 3.88. The van der Waals surface area contributed by atoms with Crippen molar-refractivity contribution in [1.29, 1.82) is 0 Å². The zero-order valence-corrected chi connectivity index (χ0v) is 11.7. The summed E-state index contributed by atoms with van der Waals surface area (Å²) in [5, 5.41) is 18.5. The summed E-state index contributed by atoms with van der Waals surface area (Å²) in [6.07, 6.45) is 2.19. The number of thiophene rings is 1. The molecule has 2 N–H and O–H groups in total. The Kier molecular flexibility index (Phi) is 4.82. The van der Waals surface area contributed by atoms with Crippen molar-refractivity contribution in [3.63, 3.8) is 0 Å². The van der Waals surface area contributed by atoms with Crippen LogP contribution in [0.15, 0.2) is 33.6 Å². The molecule has 0 bridgehead atoms. The fourth-order valence-electron chi connectivity index (χ4n) is 1.73. The largest absolute Gasteiger partial charge is 0.394 e. The second-order valence-corrected chi connectivity index (χ2v) is 6.08. The van der Waals surface area contributed by atoms with Crippen molar-refractivity contribution in [3.8, 4) is 0 Å². The summed E-state index contributed by atoms with van der Waals surface area (Å²) in [6.45, 7) is 2.89. The first-order valence-corrected chi connectivity index (χ1v) is 7.40. The predicted octanol–water partition coefficient (Wildman–Crippen LogP) is 2.04. The maximum absolute atomic E-state index is 7.62. The Labute approximate surface area is 115 Å². The fourth-order valence-corrected chi connectivity index (χ4v) is 3.38. The first-order valence-electron chi connectivity index (χ1n) is 5.70. The van der Waals surface area contributed by atoms with E-state index in [1.807, 2.05) is 0 Å². The molecule has 1 aromatic heterocycles. The van der Waals surface area contributed by atoms with Crippen LogP contribution in [0.2, 0.25) is 0 Å². The molecule has 0 radical (unpaired) electrons. The molecule has 98 valence electrons. The molecule has 1 aromatic rings. The molecule has 0 spiro atoms. The number of fused-ring (bicyclic) bond motifs is 1. The highest BCUT2D eigenvalue weighted by Crippen LogP contribution is 2.37. The van der Waals surface area contributed by atoms with Gasteiger partial charge in [-0.15, -0.1) is 11.3 Å². The normalized spacial score (nSPS) is 21.1. The van der Waals surface area contributed by atoms with Crippen molar-refractivity contribution in [3.05, 3.63) is 33.5 Å². The molecule has 0 fully saturated rings. The zero-order chi connectivity index (χ0) is 13.0. The smallest absolute Gasteiger partial charge is 0.168 e. The van der Waals surface area contributed by atoms with Crippen LogP contribution in [0.5, 0.6) is 0 Å². The van der Waals surface area contributed by atoms with Crippen molar-refractivity contribution in [2.24, 2.45) is 4.99 Å². The van der Waals surface area contributed by atoms with Gasteiger partial charge >= 0.3 is 0 Å². The lowest BCUT2D eigenvalue weighted by molar-refractivity contribution is 0.186. The topological polar surface area (TPSA) is 56.1 Å². The Morgan fingerprint density at radius 2 is 2.22 bits per heavy atom. The van der Waals surface area contributed by atoms with Crippen LogP contribution in [0.25, 0.3) is 0 Å². The van der Waals surface area contributed by atoms with E-state index < -0.39 is 0 Å². The number of amidine groups is 1. The quantitative estimate of drug-likeness (QED) is 0.872. The van der Waals surface area contributed by atoms with Crippen LogP contribution < -0.4 is 0 Å². The van der Waals surface area contributed by atoms with Crippen molar-refractivity contribution < 1.29 is 10.2 Å². The second kappa shape index (κ2) is 6.38. The van der Waals surface area contributed by atoms with E-state index in [2.05, 4.69) is 35.5 Å². The fraction of sp³-hybridized carbons (Fsp3) is 0.417. The molecule has 3 heterocycles. The number of allylic oxidation sites excluding steroid dienone is 1. The van der Waals surface area contributed by atoms with Crippen LogP contribution in [-0.4, -0.2) is 40.0 Å². The molecular formula is C12H16N2O2S2. The molecule has 0 saturated heterocycles. The summed E-state index contributed by atoms with van der Waals surface area (Å²) < 4.78 is 0. The van der Waals surface area contributed by atoms with Gasteiger partial charge in [-0.25, -0.2) is 0 Å². The average Bonchev–Trinajstić information content (AvgIpc) is 3.03. The van der Waals surface area contributed by atoms with E-state index >= 15 is 0 Å². The van der Waals surface area contributed by atoms with Gasteiger partial charge in [-0.2, -0.15) is 0 Å². The summed E-state index contributed by atoms with van der Waals surface area (Å²) in [6, 6.07) is 4.63. The Morgan fingerprint density at radius 1 is 1.44 bits per heavy atom. The number of rotatable bonds is 2. The first-order chi connectivity index (χ1) is 8.74. The molecule has 2 aliphatic heterocycles. The summed E-state index contributed by atoms with van der Waals surface area (Å²) in [4.78, 5) is 9.68. The Morgan fingerprint density at radius 3 is 2.78 bits per heavy atom. The summed E-state index contributed by atoms with van der Waals surface area (Å²) in [5.41, 5.74) is 0. The van der Waals surface area contributed by atoms with Crippen LogP contribution >= 0.6 is 23.1 Å². The number of hydrogen-bond donors (Lipinski definition) is 2. The average molecular weight is 284 g/mol. The molecule has 3 rings (SSSR count). The number of aliphatic hydroxyl groups is 2. The molecule has 0 amide bonds. The van der Waals surface area contributed by atoms with E-state index in [0.29, 0.717) is 6.04 Å². The third kappa shape index (κ3) is 3.14. The summed E-state index contributed by atoms with van der Waals surface area (Å²) in [5.74, 6) is 0. The van der Waals surface area contributed by atoms with Crippen molar-refractivity contribution in [2.75, 3.05) is 19.8 Å². The standard InChI is InChI=1S/C10H10N2S2.C2H6O2/c1-7-5-12-6-8(11-10(12)14-7)9-3-2-4-13-9;3-1-2-4/h2-5,8H,6H2,1H3;3-4H,1-2H2. The van der Waals surface area contributed by atoms with Gasteiger partial charge in [-0.05, 0) is 18.4 Å². The monoisotopic (exact) mass is 284 g/mol. The van der Waals surface area contributed by atoms with Gasteiger partial charge in [0, 0.05) is 16.0 Å². The molecule has 1 unspecified atom stereocenters. The minimum Gasteiger partial charge on any atom is -0.394 e. The molecule has 1 atom stereocenters. The molecule has 0 saturated carbocycles. The highest BCUT2D eigenvalue weighted by molar-refractivity contribution is 8.17. The van der Waals surface area contributed by atoms with Crippen LogP contribution in [0.1, 0.15) is 17.8 Å². The zero-order valence-electron chi connectivity index (χ0n) is 10.1. The van der Waals surface area contributed by atoms with Gasteiger partial charge in [-0.3, -0.25) is 4.99 Å². The molecule has 18 heavy (non-hydrogen) atoms. The Bertz CT molecular complexity index is 441. The van der Waals surface area contributed by atoms with Crippen molar-refractivity contribution >= 4 is 28.3 Å². The molecular weight excluding hydrogens is 268 g/mol. The number of thioether (sulfide) groups is 1. The van der Waals surface area contributed by atoms with Crippen LogP contribution in [0.3, 0.4) is 0 Å². The van der Waals surface area contributed by atoms with Gasteiger partial charge in [0.2, 0.25) is 0 Å². The maximum atomic E-state index is 7.62. The lowest BCUT2D eigenvalue weighted by atomic mass is 10.2. The Balaban J connectivity index is 0.000000267. The van der Waals surface area contributed by atoms with E-state index in [4.69, 9.17) is 15.2 Å². The highest BCUT2D eigenvalue weighted by atomic mass is 32.2. The molecule has 0 aliphatic carbocycles. The molecule has 0 aromatic carbocycles. The molecule has 4 nitrogen and oxygen atoms in total. The van der Waals surface area contributed by atoms with Gasteiger partial charge in [0.1, 0.15) is 6.04 Å². The van der Waals surface area contributed by atoms with E-state index in [1.54, 1.807) is 23.1 Å². The number of hydrogen-bond acceptors (Lipinski definition) is 6. The lowest BCUT2D eigenvalue weighted by Crippen LogP contribution is -2.15. The van der Waals surface area contributed by atoms with Gasteiger partial charge in [0.05, 0.1) is 19.8 Å². The number of nitrogens with zero attached hydrogens (tertiary/aromatic N) is 2. The van der Waals surface area contributed by atoms with Gasteiger partial charge in [0.15, 0.2) is 5.17 Å². The molecule has 2 aliphatic rings. The molecule has 6 heteroatoms. The minimum atomic E-state index is -0.125. The van der Waals surface area contributed by atoms with E-state index in [9.17, 15) is 0 Å². The SMILES string of the molecule is CC1=CN2CC(c3cccs3)N=C2S1.OCCO. The maximum Gasteiger partial charge on any atom is 0.168 e. The van der Waals surface area contributed by atoms with Crippen LogP contribution in [0, 0.1) is 0 Å². The van der Waals surface area contributed by atoms with E-state index in [1.165, 1.54) is 14.9 Å².